The van der Waals surface area contributed by atoms with Crippen molar-refractivity contribution in [3.05, 3.63) is 65.5 Å². The predicted octanol–water partition coefficient (Wildman–Crippen LogP) is 2.30. The molecule has 1 aromatic heterocycles. The minimum atomic E-state index is -0.990. The minimum Gasteiger partial charge on any atom is -0.478 e. The fourth-order valence-electron chi connectivity index (χ4n) is 3.06. The summed E-state index contributed by atoms with van der Waals surface area (Å²) in [5, 5.41) is 8.93. The molecule has 6 nitrogen and oxygen atoms in total. The number of piperazine rings is 1. The number of carbonyl (C=O) groups is 2. The molecular formula is C19H21N3O3. The van der Waals surface area contributed by atoms with Crippen molar-refractivity contribution in [1.29, 1.82) is 0 Å². The normalized spacial score (nSPS) is 16.4. The molecule has 1 atom stereocenters. The van der Waals surface area contributed by atoms with Crippen LogP contribution in [0.2, 0.25) is 0 Å². The molecule has 2 heterocycles. The van der Waals surface area contributed by atoms with E-state index in [1.165, 1.54) is 12.1 Å². The maximum absolute atomic E-state index is 12.6. The summed E-state index contributed by atoms with van der Waals surface area (Å²) in [6.07, 6.45) is 1.80. The number of aromatic nitrogens is 1. The second-order valence-electron chi connectivity index (χ2n) is 6.14. The van der Waals surface area contributed by atoms with E-state index in [0.717, 1.165) is 18.8 Å². The van der Waals surface area contributed by atoms with E-state index < -0.39 is 5.97 Å². The first-order valence-electron chi connectivity index (χ1n) is 8.34. The van der Waals surface area contributed by atoms with Gasteiger partial charge in [-0.3, -0.25) is 14.7 Å². The van der Waals surface area contributed by atoms with Crippen molar-refractivity contribution < 1.29 is 14.7 Å². The van der Waals surface area contributed by atoms with Gasteiger partial charge in [0.2, 0.25) is 0 Å². The van der Waals surface area contributed by atoms with Gasteiger partial charge >= 0.3 is 5.97 Å². The van der Waals surface area contributed by atoms with Crippen LogP contribution in [0.5, 0.6) is 0 Å². The lowest BCUT2D eigenvalue weighted by Gasteiger charge is -2.37. The number of aromatic carboxylic acids is 1. The summed E-state index contributed by atoms with van der Waals surface area (Å²) >= 11 is 0. The summed E-state index contributed by atoms with van der Waals surface area (Å²) in [5.41, 5.74) is 1.74. The number of amides is 1. The Bertz CT molecular complexity index is 738. The van der Waals surface area contributed by atoms with Crippen molar-refractivity contribution in [2.45, 2.75) is 13.0 Å². The maximum atomic E-state index is 12.6. The minimum absolute atomic E-state index is 0.0536. The predicted molar refractivity (Wildman–Crippen MR) is 93.5 cm³/mol. The van der Waals surface area contributed by atoms with Crippen molar-refractivity contribution in [1.82, 2.24) is 14.8 Å². The summed E-state index contributed by atoms with van der Waals surface area (Å²) in [5.74, 6) is -1.04. The Morgan fingerprint density at radius 2 is 1.64 bits per heavy atom. The molecule has 1 N–H and O–H groups in total. The first-order chi connectivity index (χ1) is 12.1. The summed E-state index contributed by atoms with van der Waals surface area (Å²) in [6.45, 7) is 5.01. The number of carboxylic acid groups (broad SMARTS) is 1. The first kappa shape index (κ1) is 17.1. The van der Waals surface area contributed by atoms with Gasteiger partial charge in [-0.25, -0.2) is 4.79 Å². The Morgan fingerprint density at radius 3 is 2.20 bits per heavy atom. The van der Waals surface area contributed by atoms with E-state index in [2.05, 4.69) is 16.8 Å². The van der Waals surface area contributed by atoms with E-state index >= 15 is 0 Å². The zero-order valence-electron chi connectivity index (χ0n) is 14.1. The van der Waals surface area contributed by atoms with Crippen molar-refractivity contribution in [2.24, 2.45) is 0 Å². The third-order valence-electron chi connectivity index (χ3n) is 4.64. The van der Waals surface area contributed by atoms with E-state index in [9.17, 15) is 9.59 Å². The molecule has 25 heavy (non-hydrogen) atoms. The molecule has 0 radical (unpaired) electrons. The van der Waals surface area contributed by atoms with Gasteiger partial charge in [-0.05, 0) is 43.3 Å². The standard InChI is InChI=1S/C19H21N3O3/c1-14(17-4-2-3-9-20-17)21-10-12-22(13-11-21)18(23)15-5-7-16(8-6-15)19(24)25/h2-9,14H,10-13H2,1H3,(H,24,25). The monoisotopic (exact) mass is 339 g/mol. The van der Waals surface area contributed by atoms with Crippen LogP contribution in [0.4, 0.5) is 0 Å². The largest absolute Gasteiger partial charge is 0.478 e. The average molecular weight is 339 g/mol. The Hall–Kier alpha value is -2.73. The lowest BCUT2D eigenvalue weighted by Crippen LogP contribution is -2.49. The summed E-state index contributed by atoms with van der Waals surface area (Å²) in [7, 11) is 0. The third kappa shape index (κ3) is 3.85. The third-order valence-corrected chi connectivity index (χ3v) is 4.64. The zero-order chi connectivity index (χ0) is 17.8. The van der Waals surface area contributed by atoms with Crippen LogP contribution in [0.1, 0.15) is 39.4 Å². The molecule has 1 aliphatic heterocycles. The van der Waals surface area contributed by atoms with Crippen LogP contribution in [0.25, 0.3) is 0 Å². The molecule has 2 aromatic rings. The van der Waals surface area contributed by atoms with Crippen LogP contribution in [0.3, 0.4) is 0 Å². The van der Waals surface area contributed by atoms with Gasteiger partial charge in [-0.15, -0.1) is 0 Å². The molecule has 1 aromatic carbocycles. The molecular weight excluding hydrogens is 318 g/mol. The van der Waals surface area contributed by atoms with E-state index in [4.69, 9.17) is 5.11 Å². The quantitative estimate of drug-likeness (QED) is 0.925. The molecule has 1 aliphatic rings. The van der Waals surface area contributed by atoms with Gasteiger partial charge in [0.05, 0.1) is 11.3 Å². The lowest BCUT2D eigenvalue weighted by atomic mass is 10.1. The Balaban J connectivity index is 1.60. The zero-order valence-corrected chi connectivity index (χ0v) is 14.1. The number of benzene rings is 1. The highest BCUT2D eigenvalue weighted by atomic mass is 16.4. The van der Waals surface area contributed by atoms with Crippen molar-refractivity contribution in [3.63, 3.8) is 0 Å². The highest BCUT2D eigenvalue weighted by Crippen LogP contribution is 2.20. The Kier molecular flexibility index (Phi) is 5.09. The lowest BCUT2D eigenvalue weighted by molar-refractivity contribution is 0.0577. The smallest absolute Gasteiger partial charge is 0.335 e. The first-order valence-corrected chi connectivity index (χ1v) is 8.34. The summed E-state index contributed by atoms with van der Waals surface area (Å²) < 4.78 is 0. The van der Waals surface area contributed by atoms with Crippen LogP contribution >= 0.6 is 0 Å². The van der Waals surface area contributed by atoms with Gasteiger partial charge in [-0.1, -0.05) is 6.07 Å². The molecule has 130 valence electrons. The molecule has 0 bridgehead atoms. The number of hydrogen-bond acceptors (Lipinski definition) is 4. The maximum Gasteiger partial charge on any atom is 0.335 e. The van der Waals surface area contributed by atoms with Gasteiger partial charge in [0.1, 0.15) is 0 Å². The van der Waals surface area contributed by atoms with Crippen LogP contribution in [0.15, 0.2) is 48.7 Å². The van der Waals surface area contributed by atoms with Gasteiger partial charge in [0.25, 0.3) is 5.91 Å². The van der Waals surface area contributed by atoms with Crippen molar-refractivity contribution in [3.8, 4) is 0 Å². The van der Waals surface area contributed by atoms with Gasteiger partial charge in [0.15, 0.2) is 0 Å². The second-order valence-corrected chi connectivity index (χ2v) is 6.14. The molecule has 1 amide bonds. The highest BCUT2D eigenvalue weighted by Gasteiger charge is 2.25. The van der Waals surface area contributed by atoms with Gasteiger partial charge < -0.3 is 10.0 Å². The number of nitrogens with zero attached hydrogens (tertiary/aromatic N) is 3. The van der Waals surface area contributed by atoms with Crippen LogP contribution in [-0.4, -0.2) is 57.9 Å². The molecule has 3 rings (SSSR count). The Morgan fingerprint density at radius 1 is 1.00 bits per heavy atom. The topological polar surface area (TPSA) is 73.7 Å². The Labute approximate surface area is 146 Å². The molecule has 6 heteroatoms. The molecule has 0 saturated carbocycles. The van der Waals surface area contributed by atoms with Gasteiger partial charge in [-0.2, -0.15) is 0 Å². The molecule has 0 spiro atoms. The number of carbonyl (C=O) groups excluding carboxylic acids is 1. The van der Waals surface area contributed by atoms with E-state index in [-0.39, 0.29) is 17.5 Å². The average Bonchev–Trinajstić information content (AvgIpc) is 2.67. The molecule has 1 fully saturated rings. The van der Waals surface area contributed by atoms with Crippen molar-refractivity contribution in [2.75, 3.05) is 26.2 Å². The number of rotatable bonds is 4. The molecule has 1 saturated heterocycles. The number of pyridine rings is 1. The summed E-state index contributed by atoms with van der Waals surface area (Å²) in [6, 6.07) is 12.2. The second kappa shape index (κ2) is 7.44. The van der Waals surface area contributed by atoms with Gasteiger partial charge in [0, 0.05) is 44.0 Å². The molecule has 0 aliphatic carbocycles. The molecule has 1 unspecified atom stereocenters. The number of hydrogen-bond donors (Lipinski definition) is 1. The van der Waals surface area contributed by atoms with Crippen LogP contribution in [-0.2, 0) is 0 Å². The number of carboxylic acids is 1. The fraction of sp³-hybridized carbons (Fsp3) is 0.316. The van der Waals surface area contributed by atoms with E-state index in [0.29, 0.717) is 18.7 Å². The van der Waals surface area contributed by atoms with Crippen LogP contribution < -0.4 is 0 Å². The highest BCUT2D eigenvalue weighted by molar-refractivity contribution is 5.96. The van der Waals surface area contributed by atoms with E-state index in [1.54, 1.807) is 18.3 Å². The SMILES string of the molecule is CC(c1ccccn1)N1CCN(C(=O)c2ccc(C(=O)O)cc2)CC1. The van der Waals surface area contributed by atoms with E-state index in [1.807, 2.05) is 23.1 Å². The van der Waals surface area contributed by atoms with Crippen molar-refractivity contribution >= 4 is 11.9 Å². The van der Waals surface area contributed by atoms with Crippen LogP contribution in [0, 0.1) is 0 Å². The fourth-order valence-corrected chi connectivity index (χ4v) is 3.06. The summed E-state index contributed by atoms with van der Waals surface area (Å²) in [4.78, 5) is 32.0.